The zero-order chi connectivity index (χ0) is 19.1. The largest absolute Gasteiger partial charge is 0.489 e. The van der Waals surface area contributed by atoms with Crippen LogP contribution in [0.15, 0.2) is 72.8 Å². The summed E-state index contributed by atoms with van der Waals surface area (Å²) in [5.41, 5.74) is 4.11. The molecule has 3 rings (SSSR count). The first-order valence-electron chi connectivity index (χ1n) is 8.87. The van der Waals surface area contributed by atoms with Crippen LogP contribution in [0.5, 0.6) is 11.5 Å². The first-order chi connectivity index (χ1) is 13.1. The third-order valence-corrected chi connectivity index (χ3v) is 4.10. The fourth-order valence-corrected chi connectivity index (χ4v) is 2.66. The van der Waals surface area contributed by atoms with Gasteiger partial charge in [0, 0.05) is 5.69 Å². The highest BCUT2D eigenvalue weighted by molar-refractivity contribution is 5.92. The predicted molar refractivity (Wildman–Crippen MR) is 107 cm³/mol. The smallest absolute Gasteiger partial charge is 0.262 e. The van der Waals surface area contributed by atoms with Gasteiger partial charge < -0.3 is 14.8 Å². The molecule has 4 heteroatoms. The van der Waals surface area contributed by atoms with Gasteiger partial charge >= 0.3 is 0 Å². The second kappa shape index (κ2) is 8.90. The van der Waals surface area contributed by atoms with E-state index in [4.69, 9.17) is 9.47 Å². The zero-order valence-corrected chi connectivity index (χ0v) is 15.6. The first-order valence-corrected chi connectivity index (χ1v) is 8.87. The van der Waals surface area contributed by atoms with E-state index in [1.165, 1.54) is 0 Å². The van der Waals surface area contributed by atoms with Gasteiger partial charge in [0.15, 0.2) is 6.61 Å². The molecule has 0 saturated carbocycles. The standard InChI is InChI=1S/C23H23NO3/c1-17-8-13-22(18(2)14-17)24-23(25)16-27-21-11-9-20(10-12-21)26-15-19-6-4-3-5-7-19/h3-14H,15-16H2,1-2H3,(H,24,25). The SMILES string of the molecule is Cc1ccc(NC(=O)COc2ccc(OCc3ccccc3)cc2)c(C)c1. The van der Waals surface area contributed by atoms with E-state index in [-0.39, 0.29) is 12.5 Å². The molecule has 0 saturated heterocycles. The Morgan fingerprint density at radius 2 is 1.52 bits per heavy atom. The molecule has 27 heavy (non-hydrogen) atoms. The van der Waals surface area contributed by atoms with Crippen molar-refractivity contribution in [3.05, 3.63) is 89.5 Å². The lowest BCUT2D eigenvalue weighted by Crippen LogP contribution is -2.20. The normalized spacial score (nSPS) is 10.3. The van der Waals surface area contributed by atoms with Crippen molar-refractivity contribution < 1.29 is 14.3 Å². The molecule has 0 unspecified atom stereocenters. The van der Waals surface area contributed by atoms with Crippen LogP contribution in [0.2, 0.25) is 0 Å². The van der Waals surface area contributed by atoms with Crippen LogP contribution in [0, 0.1) is 13.8 Å². The van der Waals surface area contributed by atoms with Crippen LogP contribution in [-0.4, -0.2) is 12.5 Å². The van der Waals surface area contributed by atoms with Crippen LogP contribution in [0.4, 0.5) is 5.69 Å². The number of aryl methyl sites for hydroxylation is 2. The second-order valence-corrected chi connectivity index (χ2v) is 6.40. The number of carbonyl (C=O) groups is 1. The second-order valence-electron chi connectivity index (χ2n) is 6.40. The number of benzene rings is 3. The van der Waals surface area contributed by atoms with Gasteiger partial charge in [0.05, 0.1) is 0 Å². The molecule has 0 fully saturated rings. The van der Waals surface area contributed by atoms with Crippen LogP contribution in [-0.2, 0) is 11.4 Å². The predicted octanol–water partition coefficient (Wildman–Crippen LogP) is 4.90. The van der Waals surface area contributed by atoms with Gasteiger partial charge in [-0.1, -0.05) is 48.0 Å². The molecule has 1 amide bonds. The van der Waals surface area contributed by atoms with Crippen molar-refractivity contribution in [2.45, 2.75) is 20.5 Å². The minimum Gasteiger partial charge on any atom is -0.489 e. The minimum atomic E-state index is -0.189. The number of hydrogen-bond donors (Lipinski definition) is 1. The van der Waals surface area contributed by atoms with Crippen molar-refractivity contribution in [3.8, 4) is 11.5 Å². The van der Waals surface area contributed by atoms with Crippen LogP contribution >= 0.6 is 0 Å². The lowest BCUT2D eigenvalue weighted by Gasteiger charge is -2.11. The molecular weight excluding hydrogens is 338 g/mol. The number of carbonyl (C=O) groups excluding carboxylic acids is 1. The van der Waals surface area contributed by atoms with Crippen molar-refractivity contribution in [3.63, 3.8) is 0 Å². The van der Waals surface area contributed by atoms with Gasteiger partial charge in [-0.05, 0) is 55.3 Å². The Morgan fingerprint density at radius 1 is 0.852 bits per heavy atom. The zero-order valence-electron chi connectivity index (χ0n) is 15.6. The number of rotatable bonds is 7. The lowest BCUT2D eigenvalue weighted by molar-refractivity contribution is -0.118. The Kier molecular flexibility index (Phi) is 6.10. The van der Waals surface area contributed by atoms with Crippen LogP contribution in [0.25, 0.3) is 0 Å². The highest BCUT2D eigenvalue weighted by Gasteiger charge is 2.06. The molecule has 0 aliphatic carbocycles. The van der Waals surface area contributed by atoms with Gasteiger partial charge in [-0.25, -0.2) is 0 Å². The maximum Gasteiger partial charge on any atom is 0.262 e. The number of amides is 1. The summed E-state index contributed by atoms with van der Waals surface area (Å²) in [6.45, 7) is 4.46. The van der Waals surface area contributed by atoms with E-state index in [2.05, 4.69) is 5.32 Å². The fraction of sp³-hybridized carbons (Fsp3) is 0.174. The quantitative estimate of drug-likeness (QED) is 0.651. The van der Waals surface area contributed by atoms with Gasteiger partial charge in [-0.2, -0.15) is 0 Å². The van der Waals surface area contributed by atoms with E-state index < -0.39 is 0 Å². The Morgan fingerprint density at radius 3 is 2.19 bits per heavy atom. The van der Waals surface area contributed by atoms with E-state index in [1.807, 2.05) is 74.5 Å². The van der Waals surface area contributed by atoms with E-state index >= 15 is 0 Å². The van der Waals surface area contributed by atoms with Crippen LogP contribution in [0.3, 0.4) is 0 Å². The van der Waals surface area contributed by atoms with Gasteiger partial charge in [0.2, 0.25) is 0 Å². The molecule has 3 aromatic carbocycles. The highest BCUT2D eigenvalue weighted by Crippen LogP contribution is 2.19. The Hall–Kier alpha value is -3.27. The highest BCUT2D eigenvalue weighted by atomic mass is 16.5. The monoisotopic (exact) mass is 361 g/mol. The average molecular weight is 361 g/mol. The molecule has 3 aromatic rings. The molecule has 0 bridgehead atoms. The molecule has 4 nitrogen and oxygen atoms in total. The molecular formula is C23H23NO3. The van der Waals surface area contributed by atoms with E-state index in [0.29, 0.717) is 12.4 Å². The molecule has 138 valence electrons. The number of nitrogens with one attached hydrogen (secondary N) is 1. The summed E-state index contributed by atoms with van der Waals surface area (Å²) in [6.07, 6.45) is 0. The molecule has 0 heterocycles. The lowest BCUT2D eigenvalue weighted by atomic mass is 10.1. The Bertz CT molecular complexity index is 889. The Labute approximate surface area is 159 Å². The molecule has 0 aromatic heterocycles. The van der Waals surface area contributed by atoms with Crippen molar-refractivity contribution in [1.29, 1.82) is 0 Å². The van der Waals surface area contributed by atoms with Crippen LogP contribution in [0.1, 0.15) is 16.7 Å². The maximum absolute atomic E-state index is 12.1. The number of ether oxygens (including phenoxy) is 2. The topological polar surface area (TPSA) is 47.6 Å². The summed E-state index contributed by atoms with van der Waals surface area (Å²) in [7, 11) is 0. The summed E-state index contributed by atoms with van der Waals surface area (Å²) in [6, 6.07) is 23.2. The van der Waals surface area contributed by atoms with Gasteiger partial charge in [-0.15, -0.1) is 0 Å². The molecule has 0 aliphatic heterocycles. The number of anilines is 1. The van der Waals surface area contributed by atoms with Gasteiger partial charge in [-0.3, -0.25) is 4.79 Å². The van der Waals surface area contributed by atoms with E-state index in [0.717, 1.165) is 28.1 Å². The average Bonchev–Trinajstić information content (AvgIpc) is 2.68. The summed E-state index contributed by atoms with van der Waals surface area (Å²) in [4.78, 5) is 12.1. The van der Waals surface area contributed by atoms with Crippen molar-refractivity contribution in [2.75, 3.05) is 11.9 Å². The molecule has 0 atom stereocenters. The molecule has 1 N–H and O–H groups in total. The summed E-state index contributed by atoms with van der Waals surface area (Å²) < 4.78 is 11.3. The van der Waals surface area contributed by atoms with E-state index in [9.17, 15) is 4.79 Å². The third-order valence-electron chi connectivity index (χ3n) is 4.10. The van der Waals surface area contributed by atoms with Gasteiger partial charge in [0.25, 0.3) is 5.91 Å². The van der Waals surface area contributed by atoms with Crippen molar-refractivity contribution >= 4 is 11.6 Å². The Balaban J connectivity index is 1.47. The maximum atomic E-state index is 12.1. The summed E-state index contributed by atoms with van der Waals surface area (Å²) in [5.74, 6) is 1.19. The van der Waals surface area contributed by atoms with Crippen LogP contribution < -0.4 is 14.8 Å². The molecule has 0 radical (unpaired) electrons. The first kappa shape index (κ1) is 18.5. The molecule has 0 aliphatic rings. The summed E-state index contributed by atoms with van der Waals surface area (Å²) in [5, 5.41) is 2.87. The van der Waals surface area contributed by atoms with E-state index in [1.54, 1.807) is 12.1 Å². The van der Waals surface area contributed by atoms with Gasteiger partial charge in [0.1, 0.15) is 18.1 Å². The molecule has 0 spiro atoms. The van der Waals surface area contributed by atoms with Crippen molar-refractivity contribution in [1.82, 2.24) is 0 Å². The number of hydrogen-bond acceptors (Lipinski definition) is 3. The minimum absolute atomic E-state index is 0.0441. The summed E-state index contributed by atoms with van der Waals surface area (Å²) >= 11 is 0. The fourth-order valence-electron chi connectivity index (χ4n) is 2.66. The van der Waals surface area contributed by atoms with Crippen molar-refractivity contribution in [2.24, 2.45) is 0 Å². The third kappa shape index (κ3) is 5.61.